The SMILES string of the molecule is CC[C@H](Nc1nccc(-c2cc(F)c(OC)cc2Cl)c1N)C1CC1. The fraction of sp³-hybridized carbons (Fsp3) is 0.389. The number of methoxy groups -OCH3 is 1. The normalized spacial score (nSPS) is 15.2. The van der Waals surface area contributed by atoms with Crippen LogP contribution in [0.15, 0.2) is 24.4 Å². The van der Waals surface area contributed by atoms with Gasteiger partial charge in [-0.2, -0.15) is 0 Å². The van der Waals surface area contributed by atoms with Crippen LogP contribution in [0.1, 0.15) is 26.2 Å². The molecule has 1 aliphatic carbocycles. The fourth-order valence-electron chi connectivity index (χ4n) is 2.94. The van der Waals surface area contributed by atoms with Crippen molar-refractivity contribution in [2.24, 2.45) is 5.92 Å². The van der Waals surface area contributed by atoms with Crippen molar-refractivity contribution < 1.29 is 9.13 Å². The Hall–Kier alpha value is -2.01. The lowest BCUT2D eigenvalue weighted by molar-refractivity contribution is 0.386. The molecule has 0 amide bonds. The van der Waals surface area contributed by atoms with E-state index in [1.165, 1.54) is 32.1 Å². The first kappa shape index (κ1) is 16.8. The number of rotatable bonds is 6. The molecule has 0 radical (unpaired) electrons. The second-order valence-electron chi connectivity index (χ2n) is 6.08. The van der Waals surface area contributed by atoms with Gasteiger partial charge in [0.25, 0.3) is 0 Å². The first-order valence-corrected chi connectivity index (χ1v) is 8.47. The van der Waals surface area contributed by atoms with Crippen LogP contribution in [-0.2, 0) is 0 Å². The number of nitrogens with zero attached hydrogens (tertiary/aromatic N) is 1. The summed E-state index contributed by atoms with van der Waals surface area (Å²) in [6.07, 6.45) is 5.14. The van der Waals surface area contributed by atoms with E-state index in [2.05, 4.69) is 17.2 Å². The molecule has 0 saturated heterocycles. The average molecular weight is 350 g/mol. The zero-order chi connectivity index (χ0) is 17.3. The summed E-state index contributed by atoms with van der Waals surface area (Å²) in [4.78, 5) is 4.35. The quantitative estimate of drug-likeness (QED) is 0.791. The van der Waals surface area contributed by atoms with Gasteiger partial charge in [0.15, 0.2) is 11.6 Å². The van der Waals surface area contributed by atoms with Gasteiger partial charge in [-0.25, -0.2) is 9.37 Å². The molecule has 1 heterocycles. The maximum absolute atomic E-state index is 14.1. The summed E-state index contributed by atoms with van der Waals surface area (Å²) < 4.78 is 19.0. The molecule has 1 aliphatic rings. The molecule has 0 unspecified atom stereocenters. The molecule has 0 aliphatic heterocycles. The third-order valence-electron chi connectivity index (χ3n) is 4.47. The Labute approximate surface area is 146 Å². The Kier molecular flexibility index (Phi) is 4.81. The minimum absolute atomic E-state index is 0.106. The number of aromatic nitrogens is 1. The topological polar surface area (TPSA) is 60.2 Å². The van der Waals surface area contributed by atoms with Crippen LogP contribution in [0.5, 0.6) is 5.75 Å². The van der Waals surface area contributed by atoms with Gasteiger partial charge in [0, 0.05) is 29.4 Å². The van der Waals surface area contributed by atoms with Gasteiger partial charge in [-0.05, 0) is 37.3 Å². The molecule has 0 spiro atoms. The van der Waals surface area contributed by atoms with Crippen molar-refractivity contribution in [2.45, 2.75) is 32.2 Å². The van der Waals surface area contributed by atoms with Gasteiger partial charge in [0.2, 0.25) is 0 Å². The third kappa shape index (κ3) is 3.26. The molecule has 6 heteroatoms. The predicted molar refractivity (Wildman–Crippen MR) is 96.0 cm³/mol. The maximum Gasteiger partial charge on any atom is 0.165 e. The van der Waals surface area contributed by atoms with E-state index in [4.69, 9.17) is 22.1 Å². The summed E-state index contributed by atoms with van der Waals surface area (Å²) in [5.74, 6) is 0.932. The highest BCUT2D eigenvalue weighted by Crippen LogP contribution is 2.40. The van der Waals surface area contributed by atoms with Crippen LogP contribution in [0, 0.1) is 11.7 Å². The summed E-state index contributed by atoms with van der Waals surface area (Å²) in [5, 5.41) is 3.81. The standard InChI is InChI=1S/C18H21ClFN3O/c1-3-15(10-4-5-10)23-18-17(21)11(6-7-22-18)12-8-14(20)16(24-2)9-13(12)19/h6-10,15H,3-5,21H2,1-2H3,(H,22,23)/t15-/m0/s1. The van der Waals surface area contributed by atoms with Crippen molar-refractivity contribution in [3.8, 4) is 16.9 Å². The van der Waals surface area contributed by atoms with Gasteiger partial charge >= 0.3 is 0 Å². The van der Waals surface area contributed by atoms with Gasteiger partial charge in [-0.3, -0.25) is 0 Å². The summed E-state index contributed by atoms with van der Waals surface area (Å²) >= 11 is 6.29. The Bertz CT molecular complexity index is 749. The van der Waals surface area contributed by atoms with E-state index in [0.717, 1.165) is 6.42 Å². The molecule has 2 aromatic rings. The monoisotopic (exact) mass is 349 g/mol. The number of benzene rings is 1. The predicted octanol–water partition coefficient (Wildman–Crippen LogP) is 4.73. The van der Waals surface area contributed by atoms with Crippen LogP contribution in [0.4, 0.5) is 15.9 Å². The lowest BCUT2D eigenvalue weighted by Gasteiger charge is -2.19. The molecule has 4 nitrogen and oxygen atoms in total. The molecular formula is C18H21ClFN3O. The van der Waals surface area contributed by atoms with Crippen LogP contribution >= 0.6 is 11.6 Å². The molecule has 0 bridgehead atoms. The van der Waals surface area contributed by atoms with Crippen LogP contribution in [0.3, 0.4) is 0 Å². The van der Waals surface area contributed by atoms with E-state index in [9.17, 15) is 4.39 Å². The Balaban J connectivity index is 1.97. The van der Waals surface area contributed by atoms with Crippen molar-refractivity contribution in [1.82, 2.24) is 4.98 Å². The van der Waals surface area contributed by atoms with Crippen LogP contribution in [0.2, 0.25) is 5.02 Å². The summed E-state index contributed by atoms with van der Waals surface area (Å²) in [5.41, 5.74) is 7.95. The molecule has 1 saturated carbocycles. The van der Waals surface area contributed by atoms with E-state index in [0.29, 0.717) is 39.6 Å². The van der Waals surface area contributed by atoms with E-state index < -0.39 is 5.82 Å². The number of nitrogen functional groups attached to an aromatic ring is 1. The second-order valence-corrected chi connectivity index (χ2v) is 6.49. The number of hydrogen-bond donors (Lipinski definition) is 2. The smallest absolute Gasteiger partial charge is 0.165 e. The van der Waals surface area contributed by atoms with E-state index >= 15 is 0 Å². The molecule has 24 heavy (non-hydrogen) atoms. The van der Waals surface area contributed by atoms with Crippen molar-refractivity contribution >= 4 is 23.1 Å². The Morgan fingerprint density at radius 3 is 2.79 bits per heavy atom. The summed E-state index contributed by atoms with van der Waals surface area (Å²) in [6.45, 7) is 2.14. The number of anilines is 2. The van der Waals surface area contributed by atoms with Gasteiger partial charge in [-0.1, -0.05) is 18.5 Å². The zero-order valence-electron chi connectivity index (χ0n) is 13.8. The lowest BCUT2D eigenvalue weighted by Crippen LogP contribution is -2.22. The number of nitrogens with one attached hydrogen (secondary N) is 1. The molecule has 1 aromatic heterocycles. The molecule has 3 N–H and O–H groups in total. The average Bonchev–Trinajstić information content (AvgIpc) is 3.41. The Morgan fingerprint density at radius 2 is 2.17 bits per heavy atom. The highest BCUT2D eigenvalue weighted by molar-refractivity contribution is 6.33. The van der Waals surface area contributed by atoms with Crippen molar-refractivity contribution in [1.29, 1.82) is 0 Å². The third-order valence-corrected chi connectivity index (χ3v) is 4.79. The minimum Gasteiger partial charge on any atom is -0.494 e. The largest absolute Gasteiger partial charge is 0.494 e. The number of halogens is 2. The van der Waals surface area contributed by atoms with E-state index in [-0.39, 0.29) is 5.75 Å². The van der Waals surface area contributed by atoms with Crippen molar-refractivity contribution in [2.75, 3.05) is 18.2 Å². The fourth-order valence-corrected chi connectivity index (χ4v) is 3.20. The first-order chi connectivity index (χ1) is 11.5. The number of ether oxygens (including phenoxy) is 1. The van der Waals surface area contributed by atoms with Gasteiger partial charge in [0.1, 0.15) is 5.82 Å². The molecule has 128 valence electrons. The van der Waals surface area contributed by atoms with Crippen LogP contribution in [-0.4, -0.2) is 18.1 Å². The molecule has 3 rings (SSSR count). The number of hydrogen-bond acceptors (Lipinski definition) is 4. The maximum atomic E-state index is 14.1. The highest BCUT2D eigenvalue weighted by atomic mass is 35.5. The van der Waals surface area contributed by atoms with E-state index in [1.54, 1.807) is 12.3 Å². The molecular weight excluding hydrogens is 329 g/mol. The zero-order valence-corrected chi connectivity index (χ0v) is 14.5. The molecule has 1 fully saturated rings. The van der Waals surface area contributed by atoms with E-state index in [1.807, 2.05) is 0 Å². The highest BCUT2D eigenvalue weighted by Gasteiger charge is 2.30. The first-order valence-electron chi connectivity index (χ1n) is 8.09. The van der Waals surface area contributed by atoms with Gasteiger partial charge in [-0.15, -0.1) is 0 Å². The van der Waals surface area contributed by atoms with Crippen LogP contribution < -0.4 is 15.8 Å². The van der Waals surface area contributed by atoms with Gasteiger partial charge < -0.3 is 15.8 Å². The van der Waals surface area contributed by atoms with Crippen molar-refractivity contribution in [3.05, 3.63) is 35.2 Å². The molecule has 1 aromatic carbocycles. The van der Waals surface area contributed by atoms with Gasteiger partial charge in [0.05, 0.1) is 17.8 Å². The van der Waals surface area contributed by atoms with Crippen molar-refractivity contribution in [3.63, 3.8) is 0 Å². The summed E-state index contributed by atoms with van der Waals surface area (Å²) in [6, 6.07) is 4.90. The molecule has 1 atom stereocenters. The van der Waals surface area contributed by atoms with Crippen LogP contribution in [0.25, 0.3) is 11.1 Å². The Morgan fingerprint density at radius 1 is 1.42 bits per heavy atom. The number of pyridine rings is 1. The minimum atomic E-state index is -0.480. The second kappa shape index (κ2) is 6.85. The lowest BCUT2D eigenvalue weighted by atomic mass is 10.0. The summed E-state index contributed by atoms with van der Waals surface area (Å²) in [7, 11) is 1.40. The number of nitrogens with two attached hydrogens (primary N) is 1.